The molecule has 1 N–H and O–H groups in total. The lowest BCUT2D eigenvalue weighted by Gasteiger charge is -2.27. The van der Waals surface area contributed by atoms with E-state index in [0.29, 0.717) is 24.3 Å². The van der Waals surface area contributed by atoms with Crippen molar-refractivity contribution in [1.82, 2.24) is 5.32 Å². The van der Waals surface area contributed by atoms with Crippen LogP contribution in [0.4, 0.5) is 0 Å². The van der Waals surface area contributed by atoms with Gasteiger partial charge in [0.05, 0.1) is 12.2 Å². The SMILES string of the molecule is Cc1ccc(C(NC2CC3CCC2O3)C2CC2)cc1. The molecule has 0 amide bonds. The zero-order valence-corrected chi connectivity index (χ0v) is 11.6. The van der Waals surface area contributed by atoms with Crippen LogP contribution in [-0.2, 0) is 4.74 Å². The largest absolute Gasteiger partial charge is 0.373 e. The Morgan fingerprint density at radius 1 is 1.11 bits per heavy atom. The summed E-state index contributed by atoms with van der Waals surface area (Å²) in [7, 11) is 0. The maximum atomic E-state index is 5.98. The molecule has 0 aromatic heterocycles. The molecule has 2 heteroatoms. The molecule has 0 spiro atoms. The number of aryl methyl sites for hydroxylation is 1. The third-order valence-electron chi connectivity index (χ3n) is 5.03. The molecule has 1 aromatic rings. The number of rotatable bonds is 4. The average molecular weight is 257 g/mol. The second kappa shape index (κ2) is 4.60. The summed E-state index contributed by atoms with van der Waals surface area (Å²) in [4.78, 5) is 0. The third-order valence-corrected chi connectivity index (χ3v) is 5.03. The zero-order chi connectivity index (χ0) is 12.8. The summed E-state index contributed by atoms with van der Waals surface area (Å²) in [5.74, 6) is 0.849. The molecule has 2 heterocycles. The highest BCUT2D eigenvalue weighted by Gasteiger charge is 2.43. The Morgan fingerprint density at radius 3 is 2.47 bits per heavy atom. The van der Waals surface area contributed by atoms with Gasteiger partial charge in [0.1, 0.15) is 0 Å². The van der Waals surface area contributed by atoms with Crippen molar-refractivity contribution in [1.29, 1.82) is 0 Å². The quantitative estimate of drug-likeness (QED) is 0.893. The molecule has 19 heavy (non-hydrogen) atoms. The number of hydrogen-bond donors (Lipinski definition) is 1. The van der Waals surface area contributed by atoms with Crippen LogP contribution in [0.3, 0.4) is 0 Å². The fraction of sp³-hybridized carbons (Fsp3) is 0.647. The van der Waals surface area contributed by atoms with Crippen molar-refractivity contribution in [2.45, 2.75) is 63.3 Å². The average Bonchev–Trinajstić information content (AvgIpc) is 3.05. The van der Waals surface area contributed by atoms with E-state index in [1.807, 2.05) is 0 Å². The van der Waals surface area contributed by atoms with E-state index in [4.69, 9.17) is 4.74 Å². The first-order valence-corrected chi connectivity index (χ1v) is 7.77. The van der Waals surface area contributed by atoms with Gasteiger partial charge in [-0.15, -0.1) is 0 Å². The van der Waals surface area contributed by atoms with E-state index in [9.17, 15) is 0 Å². The normalized spacial score (nSPS) is 34.7. The molecule has 0 radical (unpaired) electrons. The number of ether oxygens (including phenoxy) is 1. The molecule has 1 aliphatic carbocycles. The topological polar surface area (TPSA) is 21.3 Å². The summed E-state index contributed by atoms with van der Waals surface area (Å²) in [6.07, 6.45) is 7.55. The summed E-state index contributed by atoms with van der Waals surface area (Å²) in [6.45, 7) is 2.16. The highest BCUT2D eigenvalue weighted by Crippen LogP contribution is 2.43. The number of fused-ring (bicyclic) bond motifs is 2. The van der Waals surface area contributed by atoms with Crippen LogP contribution >= 0.6 is 0 Å². The lowest BCUT2D eigenvalue weighted by molar-refractivity contribution is 0.0955. The van der Waals surface area contributed by atoms with Crippen molar-refractivity contribution in [3.05, 3.63) is 35.4 Å². The first-order chi connectivity index (χ1) is 9.29. The molecule has 102 valence electrons. The van der Waals surface area contributed by atoms with E-state index in [1.54, 1.807) is 0 Å². The third kappa shape index (κ3) is 2.32. The van der Waals surface area contributed by atoms with Crippen LogP contribution in [0, 0.1) is 12.8 Å². The maximum Gasteiger partial charge on any atom is 0.0733 e. The van der Waals surface area contributed by atoms with E-state index in [-0.39, 0.29) is 0 Å². The molecule has 2 nitrogen and oxygen atoms in total. The van der Waals surface area contributed by atoms with E-state index < -0.39 is 0 Å². The predicted octanol–water partition coefficient (Wildman–Crippen LogP) is 3.36. The summed E-state index contributed by atoms with van der Waals surface area (Å²) >= 11 is 0. The molecule has 3 fully saturated rings. The minimum absolute atomic E-state index is 0.483. The lowest BCUT2D eigenvalue weighted by atomic mass is 9.92. The van der Waals surface area contributed by atoms with Gasteiger partial charge in [0.15, 0.2) is 0 Å². The summed E-state index contributed by atoms with van der Waals surface area (Å²) in [5.41, 5.74) is 2.82. The van der Waals surface area contributed by atoms with Crippen molar-refractivity contribution < 1.29 is 4.74 Å². The van der Waals surface area contributed by atoms with Gasteiger partial charge in [-0.3, -0.25) is 0 Å². The Kier molecular flexibility index (Phi) is 2.89. The molecule has 2 bridgehead atoms. The van der Waals surface area contributed by atoms with Gasteiger partial charge >= 0.3 is 0 Å². The van der Waals surface area contributed by atoms with Crippen molar-refractivity contribution in [3.8, 4) is 0 Å². The van der Waals surface area contributed by atoms with Crippen LogP contribution in [0.2, 0.25) is 0 Å². The second-order valence-electron chi connectivity index (χ2n) is 6.61. The van der Waals surface area contributed by atoms with E-state index in [2.05, 4.69) is 36.5 Å². The monoisotopic (exact) mass is 257 g/mol. The predicted molar refractivity (Wildman–Crippen MR) is 76.1 cm³/mol. The van der Waals surface area contributed by atoms with E-state index in [1.165, 1.54) is 43.2 Å². The molecule has 4 rings (SSSR count). The molecule has 3 aliphatic rings. The van der Waals surface area contributed by atoms with Gasteiger partial charge in [-0.2, -0.15) is 0 Å². The lowest BCUT2D eigenvalue weighted by Crippen LogP contribution is -2.40. The van der Waals surface area contributed by atoms with Gasteiger partial charge in [-0.1, -0.05) is 29.8 Å². The number of benzene rings is 1. The molecule has 2 aliphatic heterocycles. The van der Waals surface area contributed by atoms with Crippen LogP contribution in [0.15, 0.2) is 24.3 Å². The van der Waals surface area contributed by atoms with Crippen molar-refractivity contribution in [2.75, 3.05) is 0 Å². The Balaban J connectivity index is 1.50. The van der Waals surface area contributed by atoms with E-state index in [0.717, 1.165) is 5.92 Å². The Hall–Kier alpha value is -0.860. The van der Waals surface area contributed by atoms with Crippen molar-refractivity contribution in [3.63, 3.8) is 0 Å². The summed E-state index contributed by atoms with van der Waals surface area (Å²) in [6, 6.07) is 10.2. The minimum Gasteiger partial charge on any atom is -0.373 e. The molecule has 4 atom stereocenters. The molecule has 1 saturated carbocycles. The molecule has 2 saturated heterocycles. The summed E-state index contributed by atoms with van der Waals surface area (Å²) < 4.78 is 5.98. The molecule has 1 aromatic carbocycles. The van der Waals surface area contributed by atoms with Crippen molar-refractivity contribution >= 4 is 0 Å². The standard InChI is InChI=1S/C17H23NO/c1-11-2-4-12(5-3-11)17(13-6-7-13)18-15-10-14-8-9-16(15)19-14/h2-5,13-18H,6-10H2,1H3. The van der Waals surface area contributed by atoms with Crippen LogP contribution in [0.25, 0.3) is 0 Å². The Labute approximate surface area is 115 Å². The molecular weight excluding hydrogens is 234 g/mol. The van der Waals surface area contributed by atoms with Gasteiger partial charge in [0.25, 0.3) is 0 Å². The zero-order valence-electron chi connectivity index (χ0n) is 11.6. The van der Waals surface area contributed by atoms with Gasteiger partial charge in [-0.25, -0.2) is 0 Å². The molecule has 4 unspecified atom stereocenters. The van der Waals surface area contributed by atoms with Crippen LogP contribution in [-0.4, -0.2) is 18.2 Å². The Morgan fingerprint density at radius 2 is 1.89 bits per heavy atom. The highest BCUT2D eigenvalue weighted by atomic mass is 16.5. The van der Waals surface area contributed by atoms with Gasteiger partial charge in [0.2, 0.25) is 0 Å². The smallest absolute Gasteiger partial charge is 0.0733 e. The minimum atomic E-state index is 0.483. The van der Waals surface area contributed by atoms with E-state index >= 15 is 0 Å². The number of hydrogen-bond acceptors (Lipinski definition) is 2. The summed E-state index contributed by atoms with van der Waals surface area (Å²) in [5, 5.41) is 3.92. The highest BCUT2D eigenvalue weighted by molar-refractivity contribution is 5.26. The number of nitrogens with one attached hydrogen (secondary N) is 1. The Bertz CT molecular complexity index is 451. The van der Waals surface area contributed by atoms with Gasteiger partial charge < -0.3 is 10.1 Å². The van der Waals surface area contributed by atoms with Crippen LogP contribution < -0.4 is 5.32 Å². The fourth-order valence-electron chi connectivity index (χ4n) is 3.75. The fourth-order valence-corrected chi connectivity index (χ4v) is 3.75. The van der Waals surface area contributed by atoms with Crippen LogP contribution in [0.1, 0.15) is 49.3 Å². The van der Waals surface area contributed by atoms with Gasteiger partial charge in [-0.05, 0) is 50.5 Å². The van der Waals surface area contributed by atoms with Gasteiger partial charge in [0, 0.05) is 12.1 Å². The first kappa shape index (κ1) is 11.9. The maximum absolute atomic E-state index is 5.98. The molecular formula is C17H23NO. The van der Waals surface area contributed by atoms with Crippen molar-refractivity contribution in [2.24, 2.45) is 5.92 Å². The first-order valence-electron chi connectivity index (χ1n) is 7.77. The van der Waals surface area contributed by atoms with Crippen LogP contribution in [0.5, 0.6) is 0 Å². The second-order valence-corrected chi connectivity index (χ2v) is 6.61.